The SMILES string of the molecule is CC(C)S(=O)(=O)c1ccc(-c2cnc3[nH]cc(-c4ccc(-c5nn[nH]n5)cc4)c3n2)cc1. The molecule has 0 saturated carbocycles. The summed E-state index contributed by atoms with van der Waals surface area (Å²) in [6, 6.07) is 14.5. The Kier molecular flexibility index (Phi) is 4.78. The average molecular weight is 446 g/mol. The summed E-state index contributed by atoms with van der Waals surface area (Å²) < 4.78 is 24.8. The molecule has 0 radical (unpaired) electrons. The van der Waals surface area contributed by atoms with Gasteiger partial charge in [-0.15, -0.1) is 10.2 Å². The molecule has 0 saturated heterocycles. The number of nitrogens with one attached hydrogen (secondary N) is 2. The van der Waals surface area contributed by atoms with Crippen LogP contribution < -0.4 is 0 Å². The van der Waals surface area contributed by atoms with Crippen molar-refractivity contribution in [2.45, 2.75) is 24.0 Å². The predicted octanol–water partition coefficient (Wildman–Crippen LogP) is 3.65. The molecule has 0 bridgehead atoms. The second-order valence-corrected chi connectivity index (χ2v) is 10.1. The zero-order chi connectivity index (χ0) is 22.3. The van der Waals surface area contributed by atoms with Gasteiger partial charge in [0, 0.05) is 22.9 Å². The number of fused-ring (bicyclic) bond motifs is 1. The molecular formula is C22H19N7O2S. The van der Waals surface area contributed by atoms with E-state index in [0.717, 1.165) is 27.8 Å². The van der Waals surface area contributed by atoms with E-state index in [1.807, 2.05) is 30.5 Å². The van der Waals surface area contributed by atoms with Crippen molar-refractivity contribution in [1.82, 2.24) is 35.6 Å². The molecule has 0 atom stereocenters. The van der Waals surface area contributed by atoms with Crippen LogP contribution in [0.1, 0.15) is 13.8 Å². The lowest BCUT2D eigenvalue weighted by Crippen LogP contribution is -2.13. The number of hydrogen-bond acceptors (Lipinski definition) is 7. The van der Waals surface area contributed by atoms with Gasteiger partial charge in [0.15, 0.2) is 15.5 Å². The van der Waals surface area contributed by atoms with Crippen LogP contribution in [0.5, 0.6) is 0 Å². The maximum atomic E-state index is 12.4. The standard InChI is InChI=1S/C22H19N7O2S/c1-13(2)32(30,31)17-9-7-15(8-10-17)19-12-24-22-20(25-19)18(11-23-22)14-3-5-16(6-4-14)21-26-28-29-27-21/h3-13H,1-2H3,(H,23,24)(H,26,27,28,29). The fourth-order valence-corrected chi connectivity index (χ4v) is 4.48. The van der Waals surface area contributed by atoms with Gasteiger partial charge in [-0.1, -0.05) is 36.4 Å². The molecule has 0 aliphatic rings. The molecule has 10 heteroatoms. The summed E-state index contributed by atoms with van der Waals surface area (Å²) >= 11 is 0. The zero-order valence-corrected chi connectivity index (χ0v) is 18.1. The van der Waals surface area contributed by atoms with Crippen molar-refractivity contribution in [1.29, 1.82) is 0 Å². The second kappa shape index (κ2) is 7.65. The molecule has 0 unspecified atom stereocenters. The van der Waals surface area contributed by atoms with Gasteiger partial charge in [0.05, 0.1) is 22.0 Å². The van der Waals surface area contributed by atoms with Crippen LogP contribution in [0.3, 0.4) is 0 Å². The minimum absolute atomic E-state index is 0.300. The van der Waals surface area contributed by atoms with Crippen molar-refractivity contribution in [3.63, 3.8) is 0 Å². The molecule has 9 nitrogen and oxygen atoms in total. The Hall–Kier alpha value is -3.92. The highest BCUT2D eigenvalue weighted by Crippen LogP contribution is 2.30. The Morgan fingerprint density at radius 3 is 2.25 bits per heavy atom. The fraction of sp³-hybridized carbons (Fsp3) is 0.136. The van der Waals surface area contributed by atoms with Crippen LogP contribution in [0.4, 0.5) is 0 Å². The van der Waals surface area contributed by atoms with Gasteiger partial charge in [-0.25, -0.2) is 18.4 Å². The number of aromatic nitrogens is 7. The van der Waals surface area contributed by atoms with Gasteiger partial charge in [-0.05, 0) is 36.8 Å². The summed E-state index contributed by atoms with van der Waals surface area (Å²) in [5.74, 6) is 0.528. The van der Waals surface area contributed by atoms with Gasteiger partial charge in [0.25, 0.3) is 0 Å². The van der Waals surface area contributed by atoms with Gasteiger partial charge >= 0.3 is 0 Å². The van der Waals surface area contributed by atoms with E-state index in [2.05, 4.69) is 30.6 Å². The third-order valence-corrected chi connectivity index (χ3v) is 7.45. The molecule has 2 aromatic carbocycles. The number of benzene rings is 2. The number of nitrogens with zero attached hydrogens (tertiary/aromatic N) is 5. The largest absolute Gasteiger partial charge is 0.344 e. The predicted molar refractivity (Wildman–Crippen MR) is 120 cm³/mol. The second-order valence-electron chi connectivity index (χ2n) is 7.59. The van der Waals surface area contributed by atoms with Crippen molar-refractivity contribution < 1.29 is 8.42 Å². The van der Waals surface area contributed by atoms with Crippen molar-refractivity contribution in [3.8, 4) is 33.8 Å². The summed E-state index contributed by atoms with van der Waals surface area (Å²) in [6.45, 7) is 3.34. The monoisotopic (exact) mass is 445 g/mol. The summed E-state index contributed by atoms with van der Waals surface area (Å²) in [6.07, 6.45) is 3.55. The van der Waals surface area contributed by atoms with E-state index >= 15 is 0 Å². The van der Waals surface area contributed by atoms with Crippen LogP contribution in [-0.2, 0) is 9.84 Å². The Morgan fingerprint density at radius 2 is 1.59 bits per heavy atom. The molecule has 5 aromatic rings. The molecule has 160 valence electrons. The molecule has 0 aliphatic carbocycles. The van der Waals surface area contributed by atoms with Gasteiger partial charge in [0.1, 0.15) is 5.52 Å². The fourth-order valence-electron chi connectivity index (χ4n) is 3.42. The van der Waals surface area contributed by atoms with Crippen LogP contribution in [-0.4, -0.2) is 49.2 Å². The molecule has 0 fully saturated rings. The van der Waals surface area contributed by atoms with Crippen LogP contribution >= 0.6 is 0 Å². The third kappa shape index (κ3) is 3.44. The lowest BCUT2D eigenvalue weighted by molar-refractivity contribution is 0.587. The maximum absolute atomic E-state index is 12.4. The van der Waals surface area contributed by atoms with E-state index in [9.17, 15) is 8.42 Å². The van der Waals surface area contributed by atoms with E-state index in [0.29, 0.717) is 22.1 Å². The highest BCUT2D eigenvalue weighted by Gasteiger charge is 2.19. The molecule has 5 rings (SSSR count). The quantitative estimate of drug-likeness (QED) is 0.422. The number of sulfone groups is 1. The Labute approximate surface area is 183 Å². The van der Waals surface area contributed by atoms with Crippen LogP contribution in [0.25, 0.3) is 44.9 Å². The third-order valence-electron chi connectivity index (χ3n) is 5.28. The van der Waals surface area contributed by atoms with Gasteiger partial charge < -0.3 is 4.98 Å². The van der Waals surface area contributed by atoms with E-state index in [1.54, 1.807) is 44.3 Å². The lowest BCUT2D eigenvalue weighted by atomic mass is 10.1. The molecular weight excluding hydrogens is 426 g/mol. The summed E-state index contributed by atoms with van der Waals surface area (Å²) in [4.78, 5) is 12.7. The average Bonchev–Trinajstić information content (AvgIpc) is 3.49. The Bertz CT molecular complexity index is 1490. The van der Waals surface area contributed by atoms with Crippen LogP contribution in [0.2, 0.25) is 0 Å². The highest BCUT2D eigenvalue weighted by molar-refractivity contribution is 7.92. The van der Waals surface area contributed by atoms with Gasteiger partial charge in [-0.3, -0.25) is 0 Å². The molecule has 32 heavy (non-hydrogen) atoms. The summed E-state index contributed by atoms with van der Waals surface area (Å²) in [7, 11) is -3.32. The van der Waals surface area contributed by atoms with E-state index in [-0.39, 0.29) is 0 Å². The number of hydrogen-bond donors (Lipinski definition) is 2. The topological polar surface area (TPSA) is 130 Å². The molecule has 2 N–H and O–H groups in total. The summed E-state index contributed by atoms with van der Waals surface area (Å²) in [5.41, 5.74) is 5.59. The Morgan fingerprint density at radius 1 is 0.906 bits per heavy atom. The molecule has 0 amide bonds. The number of rotatable bonds is 5. The van der Waals surface area contributed by atoms with Crippen molar-refractivity contribution in [2.75, 3.05) is 0 Å². The molecule has 3 aromatic heterocycles. The Balaban J connectivity index is 1.50. The van der Waals surface area contributed by atoms with E-state index in [4.69, 9.17) is 4.98 Å². The molecule has 0 spiro atoms. The van der Waals surface area contributed by atoms with Crippen molar-refractivity contribution in [3.05, 3.63) is 60.9 Å². The molecule has 3 heterocycles. The number of aromatic amines is 2. The normalized spacial score (nSPS) is 12.0. The first-order valence-electron chi connectivity index (χ1n) is 9.96. The van der Waals surface area contributed by atoms with Gasteiger partial charge in [-0.2, -0.15) is 5.21 Å². The van der Waals surface area contributed by atoms with Crippen molar-refractivity contribution in [2.24, 2.45) is 0 Å². The first-order chi connectivity index (χ1) is 15.4. The first kappa shape index (κ1) is 20.0. The lowest BCUT2D eigenvalue weighted by Gasteiger charge is -2.08. The van der Waals surface area contributed by atoms with E-state index < -0.39 is 15.1 Å². The minimum atomic E-state index is -3.32. The van der Waals surface area contributed by atoms with E-state index in [1.165, 1.54) is 0 Å². The number of H-pyrrole nitrogens is 2. The maximum Gasteiger partial charge on any atom is 0.204 e. The smallest absolute Gasteiger partial charge is 0.204 e. The summed E-state index contributed by atoms with van der Waals surface area (Å²) in [5, 5.41) is 13.5. The minimum Gasteiger partial charge on any atom is -0.344 e. The van der Waals surface area contributed by atoms with Crippen LogP contribution in [0.15, 0.2) is 65.8 Å². The number of tetrazole rings is 1. The van der Waals surface area contributed by atoms with Crippen molar-refractivity contribution >= 4 is 21.0 Å². The van der Waals surface area contributed by atoms with Gasteiger partial charge in [0.2, 0.25) is 5.82 Å². The highest BCUT2D eigenvalue weighted by atomic mass is 32.2. The van der Waals surface area contributed by atoms with Crippen LogP contribution in [0, 0.1) is 0 Å². The zero-order valence-electron chi connectivity index (χ0n) is 17.3. The molecule has 0 aliphatic heterocycles. The first-order valence-corrected chi connectivity index (χ1v) is 11.5.